The second-order valence-corrected chi connectivity index (χ2v) is 6.81. The molecule has 1 saturated heterocycles. The minimum Gasteiger partial charge on any atom is -0.481 e. The summed E-state index contributed by atoms with van der Waals surface area (Å²) in [7, 11) is 0. The van der Waals surface area contributed by atoms with Crippen molar-refractivity contribution in [1.29, 1.82) is 0 Å². The fourth-order valence-corrected chi connectivity index (χ4v) is 2.51. The van der Waals surface area contributed by atoms with E-state index in [4.69, 9.17) is 0 Å². The predicted octanol–water partition coefficient (Wildman–Crippen LogP) is 2.86. The molecular weight excluding hydrogens is 214 g/mol. The number of carboxylic acid groups (broad SMARTS) is 1. The molecule has 3 nitrogen and oxygen atoms in total. The lowest BCUT2D eigenvalue weighted by Crippen LogP contribution is -2.40. The average Bonchev–Trinajstić information content (AvgIpc) is 2.65. The molecule has 0 saturated carbocycles. The summed E-state index contributed by atoms with van der Waals surface area (Å²) in [6, 6.07) is 0. The highest BCUT2D eigenvalue weighted by Crippen LogP contribution is 2.35. The second-order valence-electron chi connectivity index (χ2n) is 6.81. The van der Waals surface area contributed by atoms with Gasteiger partial charge >= 0.3 is 5.97 Å². The molecule has 100 valence electrons. The predicted molar refractivity (Wildman–Crippen MR) is 70.0 cm³/mol. The minimum absolute atomic E-state index is 0.334. The number of hydrogen-bond donors (Lipinski definition) is 1. The Bertz CT molecular complexity index is 282. The van der Waals surface area contributed by atoms with Gasteiger partial charge in [0.1, 0.15) is 0 Å². The van der Waals surface area contributed by atoms with Gasteiger partial charge in [0.15, 0.2) is 0 Å². The van der Waals surface area contributed by atoms with Crippen molar-refractivity contribution in [3.63, 3.8) is 0 Å². The Labute approximate surface area is 105 Å². The maximum Gasteiger partial charge on any atom is 0.310 e. The van der Waals surface area contributed by atoms with Crippen molar-refractivity contribution < 1.29 is 9.90 Å². The Morgan fingerprint density at radius 2 is 1.94 bits per heavy atom. The van der Waals surface area contributed by atoms with Crippen molar-refractivity contribution in [3.8, 4) is 0 Å². The zero-order valence-electron chi connectivity index (χ0n) is 11.9. The molecule has 1 N–H and O–H groups in total. The van der Waals surface area contributed by atoms with Crippen molar-refractivity contribution >= 4 is 5.97 Å². The molecule has 0 aromatic heterocycles. The SMILES string of the molecule is CCC(C)(CN1CCC(C(C)(C)C)C1)C(=O)O. The summed E-state index contributed by atoms with van der Waals surface area (Å²) >= 11 is 0. The van der Waals surface area contributed by atoms with Crippen molar-refractivity contribution in [2.45, 2.75) is 47.5 Å². The van der Waals surface area contributed by atoms with Gasteiger partial charge in [-0.2, -0.15) is 0 Å². The van der Waals surface area contributed by atoms with Crippen LogP contribution < -0.4 is 0 Å². The van der Waals surface area contributed by atoms with E-state index in [2.05, 4.69) is 25.7 Å². The zero-order valence-corrected chi connectivity index (χ0v) is 11.9. The summed E-state index contributed by atoms with van der Waals surface area (Å²) in [5.41, 5.74) is -0.257. The molecule has 1 fully saturated rings. The lowest BCUT2D eigenvalue weighted by atomic mass is 9.80. The van der Waals surface area contributed by atoms with E-state index in [1.807, 2.05) is 13.8 Å². The normalized spacial score (nSPS) is 25.8. The number of hydrogen-bond acceptors (Lipinski definition) is 2. The zero-order chi connectivity index (χ0) is 13.3. The van der Waals surface area contributed by atoms with E-state index in [0.29, 0.717) is 24.3 Å². The maximum atomic E-state index is 11.3. The molecule has 1 rings (SSSR count). The maximum absolute atomic E-state index is 11.3. The largest absolute Gasteiger partial charge is 0.481 e. The smallest absolute Gasteiger partial charge is 0.310 e. The fraction of sp³-hybridized carbons (Fsp3) is 0.929. The molecule has 0 aromatic rings. The Balaban J connectivity index is 2.58. The van der Waals surface area contributed by atoms with Gasteiger partial charge in [-0.1, -0.05) is 27.7 Å². The highest BCUT2D eigenvalue weighted by Gasteiger charge is 2.38. The van der Waals surface area contributed by atoms with Crippen LogP contribution >= 0.6 is 0 Å². The molecule has 17 heavy (non-hydrogen) atoms. The van der Waals surface area contributed by atoms with Crippen LogP contribution in [0.15, 0.2) is 0 Å². The van der Waals surface area contributed by atoms with Gasteiger partial charge < -0.3 is 10.0 Å². The fourth-order valence-electron chi connectivity index (χ4n) is 2.51. The van der Waals surface area contributed by atoms with Crippen LogP contribution in [0.3, 0.4) is 0 Å². The minimum atomic E-state index is -0.667. The monoisotopic (exact) mass is 241 g/mol. The molecule has 2 atom stereocenters. The van der Waals surface area contributed by atoms with Crippen molar-refractivity contribution in [2.75, 3.05) is 19.6 Å². The number of carboxylic acids is 1. The van der Waals surface area contributed by atoms with Gasteiger partial charge in [0.05, 0.1) is 5.41 Å². The van der Waals surface area contributed by atoms with Gasteiger partial charge in [0, 0.05) is 13.1 Å². The van der Waals surface area contributed by atoms with Crippen LogP contribution in [0, 0.1) is 16.7 Å². The van der Waals surface area contributed by atoms with Gasteiger partial charge in [0.25, 0.3) is 0 Å². The van der Waals surface area contributed by atoms with E-state index < -0.39 is 11.4 Å². The molecule has 1 aliphatic rings. The Morgan fingerprint density at radius 3 is 2.29 bits per heavy atom. The number of likely N-dealkylation sites (tertiary alicyclic amines) is 1. The van der Waals surface area contributed by atoms with Gasteiger partial charge in [0.2, 0.25) is 0 Å². The lowest BCUT2D eigenvalue weighted by Gasteiger charge is -2.31. The van der Waals surface area contributed by atoms with E-state index in [9.17, 15) is 9.90 Å². The summed E-state index contributed by atoms with van der Waals surface area (Å²) in [6.07, 6.45) is 1.89. The summed E-state index contributed by atoms with van der Waals surface area (Å²) in [5, 5.41) is 9.29. The van der Waals surface area contributed by atoms with E-state index >= 15 is 0 Å². The third kappa shape index (κ3) is 3.44. The second kappa shape index (κ2) is 4.97. The molecule has 0 radical (unpaired) electrons. The molecule has 0 bridgehead atoms. The molecule has 1 aliphatic heterocycles. The van der Waals surface area contributed by atoms with Gasteiger partial charge in [-0.25, -0.2) is 0 Å². The third-order valence-electron chi connectivity index (χ3n) is 4.37. The summed E-state index contributed by atoms with van der Waals surface area (Å²) in [4.78, 5) is 13.6. The van der Waals surface area contributed by atoms with Crippen molar-refractivity contribution in [3.05, 3.63) is 0 Å². The Kier molecular flexibility index (Phi) is 4.23. The average molecular weight is 241 g/mol. The summed E-state index contributed by atoms with van der Waals surface area (Å²) in [5.74, 6) is 0.0246. The van der Waals surface area contributed by atoms with Crippen LogP contribution in [0.5, 0.6) is 0 Å². The number of rotatable bonds is 4. The van der Waals surface area contributed by atoms with E-state index in [-0.39, 0.29) is 0 Å². The number of nitrogens with zero attached hydrogens (tertiary/aromatic N) is 1. The molecule has 1 heterocycles. The van der Waals surface area contributed by atoms with Crippen LogP contribution in [-0.2, 0) is 4.79 Å². The van der Waals surface area contributed by atoms with Crippen LogP contribution in [-0.4, -0.2) is 35.6 Å². The first-order chi connectivity index (χ1) is 7.69. The molecule has 0 spiro atoms. The molecule has 0 amide bonds. The lowest BCUT2D eigenvalue weighted by molar-refractivity contribution is -0.149. The molecular formula is C14H27NO2. The molecule has 2 unspecified atom stereocenters. The van der Waals surface area contributed by atoms with Crippen LogP contribution in [0.1, 0.15) is 47.5 Å². The van der Waals surface area contributed by atoms with E-state index in [1.165, 1.54) is 6.42 Å². The highest BCUT2D eigenvalue weighted by molar-refractivity contribution is 5.74. The van der Waals surface area contributed by atoms with Crippen LogP contribution in [0.25, 0.3) is 0 Å². The van der Waals surface area contributed by atoms with Gasteiger partial charge in [-0.15, -0.1) is 0 Å². The first-order valence-corrected chi connectivity index (χ1v) is 6.65. The van der Waals surface area contributed by atoms with Gasteiger partial charge in [-0.05, 0) is 37.6 Å². The first-order valence-electron chi connectivity index (χ1n) is 6.65. The highest BCUT2D eigenvalue weighted by atomic mass is 16.4. The Hall–Kier alpha value is -0.570. The van der Waals surface area contributed by atoms with Crippen molar-refractivity contribution in [2.24, 2.45) is 16.7 Å². The van der Waals surface area contributed by atoms with E-state index in [0.717, 1.165) is 13.1 Å². The molecule has 0 aromatic carbocycles. The van der Waals surface area contributed by atoms with Crippen molar-refractivity contribution in [1.82, 2.24) is 4.90 Å². The Morgan fingerprint density at radius 1 is 1.35 bits per heavy atom. The molecule has 0 aliphatic carbocycles. The van der Waals surface area contributed by atoms with Crippen LogP contribution in [0.4, 0.5) is 0 Å². The summed E-state index contributed by atoms with van der Waals surface area (Å²) in [6.45, 7) is 13.4. The number of aliphatic carboxylic acids is 1. The topological polar surface area (TPSA) is 40.5 Å². The number of carbonyl (C=O) groups is 1. The summed E-state index contributed by atoms with van der Waals surface area (Å²) < 4.78 is 0. The van der Waals surface area contributed by atoms with Gasteiger partial charge in [-0.3, -0.25) is 4.79 Å². The third-order valence-corrected chi connectivity index (χ3v) is 4.37. The van der Waals surface area contributed by atoms with E-state index in [1.54, 1.807) is 0 Å². The first kappa shape index (κ1) is 14.5. The van der Waals surface area contributed by atoms with Crippen LogP contribution in [0.2, 0.25) is 0 Å². The quantitative estimate of drug-likeness (QED) is 0.822. The molecule has 3 heteroatoms. The standard InChI is InChI=1S/C14H27NO2/c1-6-14(5,12(16)17)10-15-8-7-11(9-15)13(2,3)4/h11H,6-10H2,1-5H3,(H,16,17).